The number of fused-ring (bicyclic) bond motifs is 1. The molecule has 1 aliphatic rings. The van der Waals surface area contributed by atoms with Gasteiger partial charge in [0.2, 0.25) is 11.8 Å². The van der Waals surface area contributed by atoms with Crippen LogP contribution in [0.15, 0.2) is 47.5 Å². The summed E-state index contributed by atoms with van der Waals surface area (Å²) in [5.41, 5.74) is 1.36. The summed E-state index contributed by atoms with van der Waals surface area (Å²) in [6.45, 7) is 3.32. The molecule has 0 N–H and O–H groups in total. The highest BCUT2D eigenvalue weighted by Gasteiger charge is 2.27. The van der Waals surface area contributed by atoms with Crippen molar-refractivity contribution < 1.29 is 9.53 Å². The van der Waals surface area contributed by atoms with E-state index in [1.54, 1.807) is 23.1 Å². The van der Waals surface area contributed by atoms with Gasteiger partial charge in [0, 0.05) is 32.0 Å². The summed E-state index contributed by atoms with van der Waals surface area (Å²) >= 11 is 0. The predicted molar refractivity (Wildman–Crippen MR) is 103 cm³/mol. The SMILES string of the molecule is Cc1ccc(O[C@H]2CCN(C(=O)CCn3cnc4ccccc4c3=O)C2)nn1. The predicted octanol–water partition coefficient (Wildman–Crippen LogP) is 1.56. The smallest absolute Gasteiger partial charge is 0.261 e. The quantitative estimate of drug-likeness (QED) is 0.668. The van der Waals surface area contributed by atoms with E-state index in [1.807, 2.05) is 25.1 Å². The highest BCUT2D eigenvalue weighted by molar-refractivity contribution is 5.77. The highest BCUT2D eigenvalue weighted by Crippen LogP contribution is 2.17. The first-order chi connectivity index (χ1) is 13.6. The van der Waals surface area contributed by atoms with Crippen LogP contribution in [-0.2, 0) is 11.3 Å². The Bertz CT molecular complexity index is 1050. The molecule has 1 fully saturated rings. The van der Waals surface area contributed by atoms with Gasteiger partial charge in [-0.1, -0.05) is 12.1 Å². The molecule has 3 heterocycles. The Morgan fingerprint density at radius 2 is 2.07 bits per heavy atom. The summed E-state index contributed by atoms with van der Waals surface area (Å²) in [6.07, 6.45) is 2.41. The van der Waals surface area contributed by atoms with Gasteiger partial charge in [0.05, 0.1) is 29.5 Å². The first kappa shape index (κ1) is 18.1. The average Bonchev–Trinajstić information content (AvgIpc) is 3.18. The molecule has 1 aromatic carbocycles. The molecule has 0 spiro atoms. The lowest BCUT2D eigenvalue weighted by Crippen LogP contribution is -2.32. The summed E-state index contributed by atoms with van der Waals surface area (Å²) in [7, 11) is 0. The highest BCUT2D eigenvalue weighted by atomic mass is 16.5. The second kappa shape index (κ2) is 7.75. The summed E-state index contributed by atoms with van der Waals surface area (Å²) < 4.78 is 7.30. The van der Waals surface area contributed by atoms with Gasteiger partial charge in [0.1, 0.15) is 6.10 Å². The Hall–Kier alpha value is -3.29. The Kier molecular flexibility index (Phi) is 5.01. The van der Waals surface area contributed by atoms with Crippen LogP contribution in [0.2, 0.25) is 0 Å². The van der Waals surface area contributed by atoms with Gasteiger partial charge in [-0.05, 0) is 25.1 Å². The van der Waals surface area contributed by atoms with Gasteiger partial charge < -0.3 is 9.64 Å². The van der Waals surface area contributed by atoms with Crippen LogP contribution in [0.1, 0.15) is 18.5 Å². The van der Waals surface area contributed by atoms with Gasteiger partial charge in [-0.15, -0.1) is 5.10 Å². The summed E-state index contributed by atoms with van der Waals surface area (Å²) in [5, 5.41) is 8.54. The van der Waals surface area contributed by atoms with Crippen LogP contribution in [0.4, 0.5) is 0 Å². The fourth-order valence-electron chi connectivity index (χ4n) is 3.31. The average molecular weight is 379 g/mol. The van der Waals surface area contributed by atoms with E-state index < -0.39 is 0 Å². The van der Waals surface area contributed by atoms with Gasteiger partial charge in [-0.3, -0.25) is 14.2 Å². The minimum Gasteiger partial charge on any atom is -0.471 e. The lowest BCUT2D eigenvalue weighted by molar-refractivity contribution is -0.130. The van der Waals surface area contributed by atoms with Gasteiger partial charge in [-0.2, -0.15) is 5.10 Å². The molecule has 0 saturated carbocycles. The van der Waals surface area contributed by atoms with E-state index in [-0.39, 0.29) is 24.0 Å². The van der Waals surface area contributed by atoms with Crippen molar-refractivity contribution in [2.24, 2.45) is 0 Å². The molecule has 28 heavy (non-hydrogen) atoms. The maximum Gasteiger partial charge on any atom is 0.261 e. The normalized spacial score (nSPS) is 16.5. The third-order valence-corrected chi connectivity index (χ3v) is 4.86. The Morgan fingerprint density at radius 1 is 1.21 bits per heavy atom. The number of amides is 1. The molecule has 0 bridgehead atoms. The molecular formula is C20H21N5O3. The monoisotopic (exact) mass is 379 g/mol. The number of aryl methyl sites for hydroxylation is 2. The van der Waals surface area contributed by atoms with E-state index in [9.17, 15) is 9.59 Å². The third-order valence-electron chi connectivity index (χ3n) is 4.86. The van der Waals surface area contributed by atoms with Crippen LogP contribution < -0.4 is 10.3 Å². The molecule has 8 nitrogen and oxygen atoms in total. The molecule has 3 aromatic rings. The second-order valence-corrected chi connectivity index (χ2v) is 6.89. The van der Waals surface area contributed by atoms with E-state index in [0.29, 0.717) is 36.4 Å². The van der Waals surface area contributed by atoms with Crippen LogP contribution in [0.25, 0.3) is 10.9 Å². The zero-order valence-electron chi connectivity index (χ0n) is 15.6. The Balaban J connectivity index is 1.34. The van der Waals surface area contributed by atoms with Crippen molar-refractivity contribution >= 4 is 16.8 Å². The lowest BCUT2D eigenvalue weighted by atomic mass is 10.2. The zero-order valence-corrected chi connectivity index (χ0v) is 15.6. The Labute approximate surface area is 161 Å². The second-order valence-electron chi connectivity index (χ2n) is 6.89. The topological polar surface area (TPSA) is 90.2 Å². The van der Waals surface area contributed by atoms with Crippen molar-refractivity contribution in [3.05, 3.63) is 58.8 Å². The van der Waals surface area contributed by atoms with Crippen LogP contribution >= 0.6 is 0 Å². The molecule has 1 saturated heterocycles. The van der Waals surface area contributed by atoms with E-state index >= 15 is 0 Å². The number of aromatic nitrogens is 4. The zero-order chi connectivity index (χ0) is 19.5. The van der Waals surface area contributed by atoms with Gasteiger partial charge in [0.15, 0.2) is 0 Å². The number of carbonyl (C=O) groups excluding carboxylic acids is 1. The fourth-order valence-corrected chi connectivity index (χ4v) is 3.31. The number of hydrogen-bond acceptors (Lipinski definition) is 6. The fraction of sp³-hybridized carbons (Fsp3) is 0.350. The van der Waals surface area contributed by atoms with Crippen molar-refractivity contribution in [2.45, 2.75) is 32.4 Å². The molecule has 1 amide bonds. The number of benzene rings is 1. The third kappa shape index (κ3) is 3.85. The molecule has 2 aromatic heterocycles. The number of carbonyl (C=O) groups is 1. The number of ether oxygens (including phenoxy) is 1. The van der Waals surface area contributed by atoms with Crippen molar-refractivity contribution in [3.8, 4) is 5.88 Å². The molecule has 1 aliphatic heterocycles. The molecule has 0 unspecified atom stereocenters. The van der Waals surface area contributed by atoms with Gasteiger partial charge >= 0.3 is 0 Å². The van der Waals surface area contributed by atoms with E-state index in [2.05, 4.69) is 15.2 Å². The first-order valence-electron chi connectivity index (χ1n) is 9.29. The number of hydrogen-bond donors (Lipinski definition) is 0. The number of nitrogens with zero attached hydrogens (tertiary/aromatic N) is 5. The summed E-state index contributed by atoms with van der Waals surface area (Å²) in [6, 6.07) is 10.8. The maximum atomic E-state index is 12.5. The van der Waals surface area contributed by atoms with Gasteiger partial charge in [0.25, 0.3) is 5.56 Å². The van der Waals surface area contributed by atoms with Crippen LogP contribution in [0.3, 0.4) is 0 Å². The molecule has 4 rings (SSSR count). The van der Waals surface area contributed by atoms with Crippen molar-refractivity contribution in [2.75, 3.05) is 13.1 Å². The summed E-state index contributed by atoms with van der Waals surface area (Å²) in [5.74, 6) is 0.472. The van der Waals surface area contributed by atoms with Crippen LogP contribution in [0.5, 0.6) is 5.88 Å². The Morgan fingerprint density at radius 3 is 2.89 bits per heavy atom. The van der Waals surface area contributed by atoms with Crippen LogP contribution in [0, 0.1) is 6.92 Å². The molecule has 0 radical (unpaired) electrons. The van der Waals surface area contributed by atoms with E-state index in [0.717, 1.165) is 12.1 Å². The molecule has 1 atom stereocenters. The molecule has 0 aliphatic carbocycles. The van der Waals surface area contributed by atoms with Crippen molar-refractivity contribution in [3.63, 3.8) is 0 Å². The standard InChI is InChI=1S/C20H21N5O3/c1-14-6-7-18(23-22-14)28-15-8-10-24(12-15)19(26)9-11-25-13-21-17-5-3-2-4-16(17)20(25)27/h2-7,13,15H,8-12H2,1H3/t15-/m0/s1. The number of likely N-dealkylation sites (tertiary alicyclic amines) is 1. The molecule has 144 valence electrons. The maximum absolute atomic E-state index is 12.5. The van der Waals surface area contributed by atoms with Crippen LogP contribution in [-0.4, -0.2) is 49.7 Å². The first-order valence-corrected chi connectivity index (χ1v) is 9.29. The number of rotatable bonds is 5. The largest absolute Gasteiger partial charge is 0.471 e. The van der Waals surface area contributed by atoms with E-state index in [4.69, 9.17) is 4.74 Å². The van der Waals surface area contributed by atoms with E-state index in [1.165, 1.54) is 10.9 Å². The molecule has 8 heteroatoms. The van der Waals surface area contributed by atoms with Gasteiger partial charge in [-0.25, -0.2) is 4.98 Å². The minimum absolute atomic E-state index is 0.00106. The minimum atomic E-state index is -0.126. The summed E-state index contributed by atoms with van der Waals surface area (Å²) in [4.78, 5) is 31.1. The molecular weight excluding hydrogens is 358 g/mol. The van der Waals surface area contributed by atoms with Crippen molar-refractivity contribution in [1.82, 2.24) is 24.6 Å². The van der Waals surface area contributed by atoms with Crippen molar-refractivity contribution in [1.29, 1.82) is 0 Å². The number of para-hydroxylation sites is 1. The lowest BCUT2D eigenvalue weighted by Gasteiger charge is -2.17.